The molecule has 1 aromatic carbocycles. The zero-order valence-corrected chi connectivity index (χ0v) is 16.4. The molecule has 146 valence electrons. The molecule has 0 saturated carbocycles. The number of H-pyrrole nitrogens is 1. The summed E-state index contributed by atoms with van der Waals surface area (Å²) in [6.07, 6.45) is 1.82. The van der Waals surface area contributed by atoms with Gasteiger partial charge in [-0.3, -0.25) is 9.89 Å². The van der Waals surface area contributed by atoms with Gasteiger partial charge in [0.25, 0.3) is 5.56 Å². The van der Waals surface area contributed by atoms with Crippen molar-refractivity contribution in [2.24, 2.45) is 0 Å². The van der Waals surface area contributed by atoms with Gasteiger partial charge in [-0.2, -0.15) is 0 Å². The summed E-state index contributed by atoms with van der Waals surface area (Å²) < 4.78 is 1.61. The fraction of sp³-hybridized carbons (Fsp3) is 0.381. The summed E-state index contributed by atoms with van der Waals surface area (Å²) in [6.45, 7) is 9.71. The summed E-state index contributed by atoms with van der Waals surface area (Å²) in [5, 5.41) is 3.20. The second-order valence-corrected chi connectivity index (χ2v) is 7.17. The largest absolute Gasteiger partial charge is 0.338 e. The van der Waals surface area contributed by atoms with Crippen LogP contribution in [0.2, 0.25) is 0 Å². The van der Waals surface area contributed by atoms with Crippen molar-refractivity contribution in [1.82, 2.24) is 24.6 Å². The average molecular weight is 378 g/mol. The van der Waals surface area contributed by atoms with Crippen LogP contribution in [-0.4, -0.2) is 57.4 Å². The van der Waals surface area contributed by atoms with E-state index in [1.807, 2.05) is 43.5 Å². The maximum Gasteiger partial charge on any atom is 0.267 e. The number of piperazine rings is 1. The Bertz CT molecular complexity index is 986. The van der Waals surface area contributed by atoms with Crippen molar-refractivity contribution in [2.75, 3.05) is 37.6 Å². The number of hydrogen-bond acceptors (Lipinski definition) is 5. The van der Waals surface area contributed by atoms with Gasteiger partial charge in [-0.1, -0.05) is 37.3 Å². The summed E-state index contributed by atoms with van der Waals surface area (Å²) in [5.41, 5.74) is 3.50. The van der Waals surface area contributed by atoms with Crippen LogP contribution in [-0.2, 0) is 6.54 Å². The number of nitrogens with one attached hydrogen (secondary N) is 1. The molecule has 0 bridgehead atoms. The fourth-order valence-electron chi connectivity index (χ4n) is 3.59. The lowest BCUT2D eigenvalue weighted by Crippen LogP contribution is -2.46. The first kappa shape index (κ1) is 18.4. The van der Waals surface area contributed by atoms with Crippen LogP contribution < -0.4 is 10.5 Å². The van der Waals surface area contributed by atoms with Gasteiger partial charge in [-0.05, 0) is 19.0 Å². The van der Waals surface area contributed by atoms with E-state index in [4.69, 9.17) is 4.98 Å². The van der Waals surface area contributed by atoms with E-state index in [0.717, 1.165) is 61.2 Å². The fourth-order valence-corrected chi connectivity index (χ4v) is 3.59. The van der Waals surface area contributed by atoms with Crippen LogP contribution in [0.5, 0.6) is 0 Å². The number of rotatable bonds is 5. The molecule has 1 N–H and O–H groups in total. The van der Waals surface area contributed by atoms with Crippen LogP contribution in [0, 0.1) is 6.92 Å². The lowest BCUT2D eigenvalue weighted by atomic mass is 10.2. The second-order valence-electron chi connectivity index (χ2n) is 7.17. The standard InChI is InChI=1S/C21H26N6O/c1-3-25-9-11-26(12-10-25)21-22-14-18(16(2)23-21)19-13-20(28)27(24-19)15-17-7-5-4-6-8-17/h4-8,13-14,24H,3,9-12,15H2,1-2H3. The molecule has 28 heavy (non-hydrogen) atoms. The van der Waals surface area contributed by atoms with Gasteiger partial charge in [0, 0.05) is 44.0 Å². The molecule has 1 saturated heterocycles. The normalized spacial score (nSPS) is 15.1. The van der Waals surface area contributed by atoms with E-state index in [2.05, 4.69) is 26.8 Å². The molecule has 7 heteroatoms. The minimum Gasteiger partial charge on any atom is -0.338 e. The van der Waals surface area contributed by atoms with Crippen LogP contribution in [0.3, 0.4) is 0 Å². The first-order valence-electron chi connectivity index (χ1n) is 9.79. The predicted molar refractivity (Wildman–Crippen MR) is 111 cm³/mol. The molecule has 1 aliphatic rings. The summed E-state index contributed by atoms with van der Waals surface area (Å²) in [7, 11) is 0. The number of benzene rings is 1. The third-order valence-corrected chi connectivity index (χ3v) is 5.33. The number of nitrogens with zero attached hydrogens (tertiary/aromatic N) is 5. The van der Waals surface area contributed by atoms with Gasteiger partial charge < -0.3 is 9.80 Å². The van der Waals surface area contributed by atoms with Crippen LogP contribution in [0.1, 0.15) is 18.2 Å². The first-order chi connectivity index (χ1) is 13.6. The van der Waals surface area contributed by atoms with E-state index in [1.54, 1.807) is 10.7 Å². The third-order valence-electron chi connectivity index (χ3n) is 5.33. The Hall–Kier alpha value is -2.93. The Kier molecular flexibility index (Phi) is 5.25. The van der Waals surface area contributed by atoms with Crippen LogP contribution in [0.15, 0.2) is 47.4 Å². The van der Waals surface area contributed by atoms with Crippen molar-refractivity contribution in [3.63, 3.8) is 0 Å². The minimum absolute atomic E-state index is 0.0574. The second kappa shape index (κ2) is 7.98. The van der Waals surface area contributed by atoms with Gasteiger partial charge in [0.1, 0.15) is 0 Å². The first-order valence-corrected chi connectivity index (χ1v) is 9.79. The van der Waals surface area contributed by atoms with Crippen molar-refractivity contribution in [3.05, 3.63) is 64.2 Å². The number of aromatic nitrogens is 4. The van der Waals surface area contributed by atoms with Crippen molar-refractivity contribution in [1.29, 1.82) is 0 Å². The molecule has 3 aromatic rings. The summed E-state index contributed by atoms with van der Waals surface area (Å²) >= 11 is 0. The number of hydrogen-bond donors (Lipinski definition) is 1. The zero-order chi connectivity index (χ0) is 19.5. The van der Waals surface area contributed by atoms with E-state index in [1.165, 1.54) is 0 Å². The molecule has 2 aromatic heterocycles. The smallest absolute Gasteiger partial charge is 0.267 e. The quantitative estimate of drug-likeness (QED) is 0.737. The summed E-state index contributed by atoms with van der Waals surface area (Å²) in [6, 6.07) is 11.6. The van der Waals surface area contributed by atoms with E-state index in [9.17, 15) is 4.79 Å². The van der Waals surface area contributed by atoms with Crippen LogP contribution >= 0.6 is 0 Å². The van der Waals surface area contributed by atoms with Gasteiger partial charge in [0.2, 0.25) is 5.95 Å². The third kappa shape index (κ3) is 3.84. The van der Waals surface area contributed by atoms with Gasteiger partial charge in [0.15, 0.2) is 0 Å². The van der Waals surface area contributed by atoms with Gasteiger partial charge in [-0.25, -0.2) is 14.6 Å². The molecule has 4 rings (SSSR count). The maximum absolute atomic E-state index is 12.4. The molecule has 0 aliphatic carbocycles. The van der Waals surface area contributed by atoms with E-state index in [-0.39, 0.29) is 5.56 Å². The van der Waals surface area contributed by atoms with Crippen molar-refractivity contribution < 1.29 is 0 Å². The highest BCUT2D eigenvalue weighted by Gasteiger charge is 2.19. The van der Waals surface area contributed by atoms with Crippen LogP contribution in [0.25, 0.3) is 11.3 Å². The number of aryl methyl sites for hydroxylation is 1. The molecule has 0 atom stereocenters. The summed E-state index contributed by atoms with van der Waals surface area (Å²) in [5.74, 6) is 0.767. The van der Waals surface area contributed by atoms with Gasteiger partial charge >= 0.3 is 0 Å². The monoisotopic (exact) mass is 378 g/mol. The molecule has 0 amide bonds. The Morgan fingerprint density at radius 1 is 1.11 bits per heavy atom. The molecule has 3 heterocycles. The zero-order valence-electron chi connectivity index (χ0n) is 16.4. The lowest BCUT2D eigenvalue weighted by Gasteiger charge is -2.34. The van der Waals surface area contributed by atoms with Gasteiger partial charge in [-0.15, -0.1) is 0 Å². The molecule has 7 nitrogen and oxygen atoms in total. The Labute approximate surface area is 164 Å². The van der Waals surface area contributed by atoms with Crippen LogP contribution in [0.4, 0.5) is 5.95 Å². The number of anilines is 1. The van der Waals surface area contributed by atoms with Gasteiger partial charge in [0.05, 0.1) is 17.9 Å². The molecular weight excluding hydrogens is 352 g/mol. The Balaban J connectivity index is 1.54. The highest BCUT2D eigenvalue weighted by molar-refractivity contribution is 5.61. The highest BCUT2D eigenvalue weighted by atomic mass is 16.1. The van der Waals surface area contributed by atoms with Crippen molar-refractivity contribution >= 4 is 5.95 Å². The highest BCUT2D eigenvalue weighted by Crippen LogP contribution is 2.21. The van der Waals surface area contributed by atoms with Crippen molar-refractivity contribution in [3.8, 4) is 11.3 Å². The molecule has 0 unspecified atom stereocenters. The number of likely N-dealkylation sites (N-methyl/N-ethyl adjacent to an activating group) is 1. The van der Waals surface area contributed by atoms with Crippen molar-refractivity contribution in [2.45, 2.75) is 20.4 Å². The summed E-state index contributed by atoms with van der Waals surface area (Å²) in [4.78, 5) is 26.3. The molecule has 0 spiro atoms. The molecular formula is C21H26N6O. The van der Waals surface area contributed by atoms with E-state index in [0.29, 0.717) is 6.54 Å². The lowest BCUT2D eigenvalue weighted by molar-refractivity contribution is 0.270. The average Bonchev–Trinajstić information content (AvgIpc) is 3.08. The Morgan fingerprint density at radius 3 is 2.54 bits per heavy atom. The maximum atomic E-state index is 12.4. The molecule has 0 radical (unpaired) electrons. The topological polar surface area (TPSA) is 70.0 Å². The minimum atomic E-state index is -0.0574. The molecule has 1 fully saturated rings. The van der Waals surface area contributed by atoms with E-state index >= 15 is 0 Å². The number of aromatic amines is 1. The molecule has 1 aliphatic heterocycles. The van der Waals surface area contributed by atoms with E-state index < -0.39 is 0 Å². The SMILES string of the molecule is CCN1CCN(c2ncc(-c3cc(=O)n(Cc4ccccc4)[nH]3)c(C)n2)CC1. The Morgan fingerprint density at radius 2 is 1.86 bits per heavy atom. The predicted octanol–water partition coefficient (Wildman–Crippen LogP) is 2.13.